The fourth-order valence-corrected chi connectivity index (χ4v) is 2.59. The minimum Gasteiger partial charge on any atom is -0.409 e. The largest absolute Gasteiger partial charge is 0.409 e. The standard InChI is InChI=1S/C13H15ClFN3O2/c14-9-4-1-5-10(15)11(9)13(19)18-6-2-3-8(7-18)12(16)17-20/h1,4-5,8,20H,2-3,6-7H2,(H2,16,17). The molecular weight excluding hydrogens is 285 g/mol. The van der Waals surface area contributed by atoms with Gasteiger partial charge in [0.15, 0.2) is 0 Å². The Morgan fingerprint density at radius 1 is 1.55 bits per heavy atom. The number of carbonyl (C=O) groups excluding carboxylic acids is 1. The lowest BCUT2D eigenvalue weighted by atomic mass is 9.96. The van der Waals surface area contributed by atoms with Gasteiger partial charge in [-0.1, -0.05) is 22.8 Å². The van der Waals surface area contributed by atoms with E-state index in [0.717, 1.165) is 6.42 Å². The van der Waals surface area contributed by atoms with Crippen LogP contribution >= 0.6 is 11.6 Å². The summed E-state index contributed by atoms with van der Waals surface area (Å²) < 4.78 is 13.8. The van der Waals surface area contributed by atoms with Gasteiger partial charge < -0.3 is 15.8 Å². The van der Waals surface area contributed by atoms with E-state index in [4.69, 9.17) is 22.5 Å². The molecule has 7 heteroatoms. The highest BCUT2D eigenvalue weighted by molar-refractivity contribution is 6.33. The normalized spacial score (nSPS) is 20.0. The number of carbonyl (C=O) groups is 1. The number of rotatable bonds is 2. The van der Waals surface area contributed by atoms with Crippen LogP contribution in [0.2, 0.25) is 5.02 Å². The van der Waals surface area contributed by atoms with Gasteiger partial charge in [0.1, 0.15) is 11.7 Å². The van der Waals surface area contributed by atoms with Crippen molar-refractivity contribution in [1.29, 1.82) is 0 Å². The van der Waals surface area contributed by atoms with Crippen LogP contribution in [0.25, 0.3) is 0 Å². The maximum Gasteiger partial charge on any atom is 0.258 e. The first kappa shape index (κ1) is 14.6. The molecule has 0 spiro atoms. The van der Waals surface area contributed by atoms with Crippen LogP contribution in [0.15, 0.2) is 23.4 Å². The van der Waals surface area contributed by atoms with E-state index in [9.17, 15) is 9.18 Å². The number of amides is 1. The third-order valence-corrected chi connectivity index (χ3v) is 3.73. The van der Waals surface area contributed by atoms with Crippen molar-refractivity contribution >= 4 is 23.3 Å². The predicted octanol–water partition coefficient (Wildman–Crippen LogP) is 2.08. The van der Waals surface area contributed by atoms with Gasteiger partial charge in [-0.05, 0) is 25.0 Å². The van der Waals surface area contributed by atoms with E-state index in [2.05, 4.69) is 5.16 Å². The molecule has 20 heavy (non-hydrogen) atoms. The number of halogens is 2. The van der Waals surface area contributed by atoms with Gasteiger partial charge in [-0.25, -0.2) is 4.39 Å². The van der Waals surface area contributed by atoms with Gasteiger partial charge >= 0.3 is 0 Å². The second kappa shape index (κ2) is 6.09. The first-order valence-electron chi connectivity index (χ1n) is 6.25. The SMILES string of the molecule is NC(=NO)C1CCCN(C(=O)c2c(F)cccc2Cl)C1. The summed E-state index contributed by atoms with van der Waals surface area (Å²) in [7, 11) is 0. The molecule has 5 nitrogen and oxygen atoms in total. The molecular formula is C13H15ClFN3O2. The van der Waals surface area contributed by atoms with Crippen LogP contribution in [-0.2, 0) is 0 Å². The number of nitrogens with two attached hydrogens (primary N) is 1. The average Bonchev–Trinajstić information content (AvgIpc) is 2.46. The summed E-state index contributed by atoms with van der Waals surface area (Å²) in [6.07, 6.45) is 1.43. The van der Waals surface area contributed by atoms with Crippen LogP contribution in [0.4, 0.5) is 4.39 Å². The molecule has 1 atom stereocenters. The van der Waals surface area contributed by atoms with Gasteiger partial charge in [0.2, 0.25) is 0 Å². The van der Waals surface area contributed by atoms with Crippen molar-refractivity contribution in [2.75, 3.05) is 13.1 Å². The molecule has 0 saturated carbocycles. The molecule has 1 aliphatic heterocycles. The van der Waals surface area contributed by atoms with Crippen molar-refractivity contribution in [2.45, 2.75) is 12.8 Å². The maximum absolute atomic E-state index is 13.8. The van der Waals surface area contributed by atoms with Gasteiger partial charge in [0.25, 0.3) is 5.91 Å². The Bertz CT molecular complexity index is 530. The molecule has 1 aromatic rings. The number of oxime groups is 1. The quantitative estimate of drug-likeness (QED) is 0.380. The molecule has 2 rings (SSSR count). The van der Waals surface area contributed by atoms with Crippen LogP contribution in [-0.4, -0.2) is 34.9 Å². The van der Waals surface area contributed by atoms with Crippen molar-refractivity contribution < 1.29 is 14.4 Å². The molecule has 108 valence electrons. The summed E-state index contributed by atoms with van der Waals surface area (Å²) in [6, 6.07) is 4.12. The number of benzene rings is 1. The first-order chi connectivity index (χ1) is 9.54. The second-order valence-electron chi connectivity index (χ2n) is 4.71. The monoisotopic (exact) mass is 299 g/mol. The summed E-state index contributed by atoms with van der Waals surface area (Å²) in [5.41, 5.74) is 5.44. The lowest BCUT2D eigenvalue weighted by Crippen LogP contribution is -2.44. The smallest absolute Gasteiger partial charge is 0.258 e. The molecule has 1 aliphatic rings. The van der Waals surface area contributed by atoms with Gasteiger partial charge in [0, 0.05) is 19.0 Å². The highest BCUT2D eigenvalue weighted by Gasteiger charge is 2.29. The molecule has 0 aliphatic carbocycles. The fourth-order valence-electron chi connectivity index (χ4n) is 2.34. The molecule has 0 aromatic heterocycles. The zero-order valence-electron chi connectivity index (χ0n) is 10.7. The lowest BCUT2D eigenvalue weighted by molar-refractivity contribution is 0.0696. The maximum atomic E-state index is 13.8. The molecule has 0 bridgehead atoms. The van der Waals surface area contributed by atoms with Crippen molar-refractivity contribution in [3.05, 3.63) is 34.6 Å². The van der Waals surface area contributed by atoms with Crippen LogP contribution < -0.4 is 5.73 Å². The van der Waals surface area contributed by atoms with Gasteiger partial charge in [-0.3, -0.25) is 4.79 Å². The molecule has 1 unspecified atom stereocenters. The Morgan fingerprint density at radius 2 is 2.30 bits per heavy atom. The summed E-state index contributed by atoms with van der Waals surface area (Å²) in [5, 5.41) is 11.7. The molecule has 1 heterocycles. The molecule has 0 radical (unpaired) electrons. The minimum absolute atomic E-state index is 0.0842. The Labute approximate surface area is 120 Å². The van der Waals surface area contributed by atoms with Crippen molar-refractivity contribution in [3.63, 3.8) is 0 Å². The number of hydrogen-bond donors (Lipinski definition) is 2. The van der Waals surface area contributed by atoms with E-state index in [1.807, 2.05) is 0 Å². The third kappa shape index (κ3) is 2.85. The summed E-state index contributed by atoms with van der Waals surface area (Å²) in [6.45, 7) is 0.790. The van der Waals surface area contributed by atoms with E-state index in [0.29, 0.717) is 19.5 Å². The number of amidine groups is 1. The van der Waals surface area contributed by atoms with Crippen LogP contribution in [0, 0.1) is 11.7 Å². The van der Waals surface area contributed by atoms with E-state index < -0.39 is 11.7 Å². The van der Waals surface area contributed by atoms with Crippen molar-refractivity contribution in [2.24, 2.45) is 16.8 Å². The zero-order valence-corrected chi connectivity index (χ0v) is 11.5. The third-order valence-electron chi connectivity index (χ3n) is 3.42. The molecule has 3 N–H and O–H groups in total. The Balaban J connectivity index is 2.21. The Morgan fingerprint density at radius 3 is 2.95 bits per heavy atom. The highest BCUT2D eigenvalue weighted by atomic mass is 35.5. The fraction of sp³-hybridized carbons (Fsp3) is 0.385. The Kier molecular flexibility index (Phi) is 4.44. The van der Waals surface area contributed by atoms with Crippen LogP contribution in [0.3, 0.4) is 0 Å². The minimum atomic E-state index is -0.645. The summed E-state index contributed by atoms with van der Waals surface area (Å²) in [4.78, 5) is 13.8. The van der Waals surface area contributed by atoms with E-state index in [1.54, 1.807) is 0 Å². The number of hydrogen-bond acceptors (Lipinski definition) is 3. The topological polar surface area (TPSA) is 78.9 Å². The molecule has 1 saturated heterocycles. The lowest BCUT2D eigenvalue weighted by Gasteiger charge is -2.32. The van der Waals surface area contributed by atoms with Crippen molar-refractivity contribution in [1.82, 2.24) is 4.90 Å². The number of piperidine rings is 1. The Hall–Kier alpha value is -1.82. The predicted molar refractivity (Wildman–Crippen MR) is 73.4 cm³/mol. The van der Waals surface area contributed by atoms with Crippen LogP contribution in [0.1, 0.15) is 23.2 Å². The highest BCUT2D eigenvalue weighted by Crippen LogP contribution is 2.24. The first-order valence-corrected chi connectivity index (χ1v) is 6.63. The van der Waals surface area contributed by atoms with E-state index in [1.165, 1.54) is 23.1 Å². The van der Waals surface area contributed by atoms with E-state index in [-0.39, 0.29) is 22.3 Å². The zero-order chi connectivity index (χ0) is 14.7. The van der Waals surface area contributed by atoms with Gasteiger partial charge in [-0.15, -0.1) is 0 Å². The second-order valence-corrected chi connectivity index (χ2v) is 5.12. The summed E-state index contributed by atoms with van der Waals surface area (Å²) >= 11 is 5.89. The molecule has 1 fully saturated rings. The van der Waals surface area contributed by atoms with Gasteiger partial charge in [-0.2, -0.15) is 0 Å². The van der Waals surface area contributed by atoms with Crippen LogP contribution in [0.5, 0.6) is 0 Å². The van der Waals surface area contributed by atoms with E-state index >= 15 is 0 Å². The van der Waals surface area contributed by atoms with Crippen molar-refractivity contribution in [3.8, 4) is 0 Å². The number of nitrogens with zero attached hydrogens (tertiary/aromatic N) is 2. The molecule has 1 amide bonds. The average molecular weight is 300 g/mol. The summed E-state index contributed by atoms with van der Waals surface area (Å²) in [5.74, 6) is -1.25. The molecule has 1 aromatic carbocycles. The van der Waals surface area contributed by atoms with Gasteiger partial charge in [0.05, 0.1) is 10.6 Å². The number of likely N-dealkylation sites (tertiary alicyclic amines) is 1.